The molecule has 2 aromatic rings. The van der Waals surface area contributed by atoms with Gasteiger partial charge in [0.05, 0.1) is 16.8 Å². The number of alkyl halides is 3. The van der Waals surface area contributed by atoms with Crippen LogP contribution < -0.4 is 5.32 Å². The highest BCUT2D eigenvalue weighted by atomic mass is 19.4. The summed E-state index contributed by atoms with van der Waals surface area (Å²) in [6.45, 7) is 0. The number of phenolic OH excluding ortho intramolecular Hbond substituents is 1. The zero-order chi connectivity index (χ0) is 15.9. The van der Waals surface area contributed by atoms with Gasteiger partial charge in [0.25, 0.3) is 0 Å². The van der Waals surface area contributed by atoms with Crippen molar-refractivity contribution in [3.63, 3.8) is 0 Å². The number of phenols is 1. The first-order valence-corrected chi connectivity index (χ1v) is 6.32. The number of cyclic esters (lactones) is 1. The third kappa shape index (κ3) is 2.57. The Kier molecular flexibility index (Phi) is 3.20. The van der Waals surface area contributed by atoms with Crippen LogP contribution in [0.1, 0.15) is 27.7 Å². The number of anilines is 1. The number of halogens is 3. The van der Waals surface area contributed by atoms with Gasteiger partial charge in [0, 0.05) is 5.56 Å². The van der Waals surface area contributed by atoms with E-state index in [0.29, 0.717) is 5.56 Å². The second-order valence-electron chi connectivity index (χ2n) is 4.78. The first-order chi connectivity index (χ1) is 10.3. The van der Waals surface area contributed by atoms with Gasteiger partial charge in [-0.2, -0.15) is 13.2 Å². The molecule has 0 bridgehead atoms. The monoisotopic (exact) mass is 309 g/mol. The average Bonchev–Trinajstić information content (AvgIpc) is 2.46. The van der Waals surface area contributed by atoms with E-state index in [9.17, 15) is 23.1 Å². The van der Waals surface area contributed by atoms with Crippen LogP contribution in [0.25, 0.3) is 0 Å². The Morgan fingerprint density at radius 2 is 1.77 bits per heavy atom. The summed E-state index contributed by atoms with van der Waals surface area (Å²) in [7, 11) is 0. The highest BCUT2D eigenvalue weighted by Crippen LogP contribution is 2.36. The van der Waals surface area contributed by atoms with Crippen molar-refractivity contribution in [2.75, 3.05) is 5.32 Å². The van der Waals surface area contributed by atoms with E-state index in [1.54, 1.807) is 12.1 Å². The van der Waals surface area contributed by atoms with Gasteiger partial charge in [-0.15, -0.1) is 0 Å². The maximum atomic E-state index is 12.7. The molecule has 4 nitrogen and oxygen atoms in total. The fourth-order valence-electron chi connectivity index (χ4n) is 2.16. The summed E-state index contributed by atoms with van der Waals surface area (Å²) in [5.74, 6) is -0.779. The van der Waals surface area contributed by atoms with E-state index in [2.05, 4.69) is 5.32 Å². The predicted octanol–water partition coefficient (Wildman–Crippen LogP) is 3.69. The number of fused-ring (bicyclic) bond motifs is 1. The number of aromatic hydroxyl groups is 1. The molecule has 2 aromatic carbocycles. The number of carbonyl (C=O) groups is 1. The summed E-state index contributed by atoms with van der Waals surface area (Å²) < 4.78 is 43.1. The van der Waals surface area contributed by atoms with Gasteiger partial charge in [0.15, 0.2) is 6.23 Å². The van der Waals surface area contributed by atoms with E-state index < -0.39 is 23.9 Å². The number of hydrogen-bond donors (Lipinski definition) is 2. The average molecular weight is 309 g/mol. The van der Waals surface area contributed by atoms with Crippen LogP contribution in [-0.4, -0.2) is 11.1 Å². The molecule has 114 valence electrons. The second kappa shape index (κ2) is 4.94. The Hall–Kier alpha value is -2.70. The van der Waals surface area contributed by atoms with Gasteiger partial charge in [-0.1, -0.05) is 0 Å². The first-order valence-electron chi connectivity index (χ1n) is 6.32. The van der Waals surface area contributed by atoms with E-state index in [1.165, 1.54) is 18.2 Å². The molecule has 1 aliphatic heterocycles. The van der Waals surface area contributed by atoms with Gasteiger partial charge in [0.2, 0.25) is 0 Å². The highest BCUT2D eigenvalue weighted by molar-refractivity contribution is 5.97. The SMILES string of the molecule is O=C1O[C@@H](c2ccc(O)cc2)Nc2ccc(C(F)(F)F)cc21. The van der Waals surface area contributed by atoms with Crippen LogP contribution in [0, 0.1) is 0 Å². The van der Waals surface area contributed by atoms with E-state index in [1.807, 2.05) is 0 Å². The Bertz CT molecular complexity index is 726. The molecule has 0 saturated heterocycles. The Balaban J connectivity index is 1.93. The molecule has 0 aliphatic carbocycles. The molecule has 2 N–H and O–H groups in total. The maximum Gasteiger partial charge on any atom is 0.416 e. The van der Waals surface area contributed by atoms with Crippen molar-refractivity contribution >= 4 is 11.7 Å². The predicted molar refractivity (Wildman–Crippen MR) is 71.3 cm³/mol. The minimum atomic E-state index is -4.52. The van der Waals surface area contributed by atoms with Gasteiger partial charge < -0.3 is 15.2 Å². The Labute approximate surface area is 123 Å². The van der Waals surface area contributed by atoms with Crippen LogP contribution in [0.4, 0.5) is 18.9 Å². The Morgan fingerprint density at radius 1 is 1.09 bits per heavy atom. The fraction of sp³-hybridized carbons (Fsp3) is 0.133. The summed E-state index contributed by atoms with van der Waals surface area (Å²) in [5, 5.41) is 12.1. The van der Waals surface area contributed by atoms with Crippen molar-refractivity contribution in [1.29, 1.82) is 0 Å². The lowest BCUT2D eigenvalue weighted by atomic mass is 10.1. The molecule has 0 spiro atoms. The number of hydrogen-bond acceptors (Lipinski definition) is 4. The molecule has 0 radical (unpaired) electrons. The quantitative estimate of drug-likeness (QED) is 0.789. The zero-order valence-corrected chi connectivity index (χ0v) is 11.0. The smallest absolute Gasteiger partial charge is 0.416 e. The molecule has 0 unspecified atom stereocenters. The van der Waals surface area contributed by atoms with Gasteiger partial charge >= 0.3 is 12.1 Å². The largest absolute Gasteiger partial charge is 0.508 e. The molecule has 1 aliphatic rings. The van der Waals surface area contributed by atoms with E-state index >= 15 is 0 Å². The van der Waals surface area contributed by atoms with Gasteiger partial charge in [-0.25, -0.2) is 4.79 Å². The molecule has 0 saturated carbocycles. The number of carbonyl (C=O) groups excluding carboxylic acids is 1. The van der Waals surface area contributed by atoms with E-state index in [4.69, 9.17) is 4.74 Å². The number of ether oxygens (including phenoxy) is 1. The third-order valence-electron chi connectivity index (χ3n) is 3.27. The van der Waals surface area contributed by atoms with E-state index in [0.717, 1.165) is 12.1 Å². The highest BCUT2D eigenvalue weighted by Gasteiger charge is 2.34. The summed E-state index contributed by atoms with van der Waals surface area (Å²) in [6.07, 6.45) is -5.35. The van der Waals surface area contributed by atoms with Crippen molar-refractivity contribution < 1.29 is 27.8 Å². The van der Waals surface area contributed by atoms with Gasteiger partial charge in [-0.3, -0.25) is 0 Å². The lowest BCUT2D eigenvalue weighted by Crippen LogP contribution is -2.26. The van der Waals surface area contributed by atoms with Crippen LogP contribution in [0.3, 0.4) is 0 Å². The van der Waals surface area contributed by atoms with Crippen LogP contribution in [0.15, 0.2) is 42.5 Å². The Morgan fingerprint density at radius 3 is 2.41 bits per heavy atom. The third-order valence-corrected chi connectivity index (χ3v) is 3.27. The summed E-state index contributed by atoms with van der Waals surface area (Å²) in [6, 6.07) is 8.81. The molecular formula is C15H10F3NO3. The van der Waals surface area contributed by atoms with Crippen molar-refractivity contribution in [1.82, 2.24) is 0 Å². The molecule has 3 rings (SSSR count). The molecule has 0 fully saturated rings. The number of nitrogens with one attached hydrogen (secondary N) is 1. The minimum Gasteiger partial charge on any atom is -0.508 e. The van der Waals surface area contributed by atoms with Crippen molar-refractivity contribution in [2.45, 2.75) is 12.4 Å². The standard InChI is InChI=1S/C15H10F3NO3/c16-15(17,18)9-3-6-12-11(7-9)14(21)22-13(19-12)8-1-4-10(20)5-2-8/h1-7,13,19-20H/t13-/m0/s1. The van der Waals surface area contributed by atoms with Crippen LogP contribution in [0.2, 0.25) is 0 Å². The van der Waals surface area contributed by atoms with Crippen molar-refractivity contribution in [3.8, 4) is 5.75 Å². The lowest BCUT2D eigenvalue weighted by Gasteiger charge is -2.27. The molecule has 7 heteroatoms. The second-order valence-corrected chi connectivity index (χ2v) is 4.78. The molecule has 1 atom stereocenters. The number of esters is 1. The minimum absolute atomic E-state index is 0.0566. The van der Waals surface area contributed by atoms with Crippen LogP contribution in [0.5, 0.6) is 5.75 Å². The van der Waals surface area contributed by atoms with E-state index in [-0.39, 0.29) is 17.0 Å². The van der Waals surface area contributed by atoms with Gasteiger partial charge in [-0.05, 0) is 42.5 Å². The van der Waals surface area contributed by atoms with Crippen LogP contribution >= 0.6 is 0 Å². The molecule has 0 aromatic heterocycles. The summed E-state index contributed by atoms with van der Waals surface area (Å²) >= 11 is 0. The van der Waals surface area contributed by atoms with Gasteiger partial charge in [0.1, 0.15) is 5.75 Å². The maximum absolute atomic E-state index is 12.7. The lowest BCUT2D eigenvalue weighted by molar-refractivity contribution is -0.137. The molecule has 0 amide bonds. The van der Waals surface area contributed by atoms with Crippen LogP contribution in [-0.2, 0) is 10.9 Å². The first kappa shape index (κ1) is 14.2. The molecular weight excluding hydrogens is 299 g/mol. The van der Waals surface area contributed by atoms with Crippen molar-refractivity contribution in [3.05, 3.63) is 59.2 Å². The summed E-state index contributed by atoms with van der Waals surface area (Å²) in [5.41, 5.74) is -0.239. The number of benzene rings is 2. The molecule has 1 heterocycles. The topological polar surface area (TPSA) is 58.6 Å². The normalized spacial score (nSPS) is 17.4. The molecule has 22 heavy (non-hydrogen) atoms. The van der Waals surface area contributed by atoms with Crippen molar-refractivity contribution in [2.24, 2.45) is 0 Å². The summed E-state index contributed by atoms with van der Waals surface area (Å²) in [4.78, 5) is 11.9. The fourth-order valence-corrected chi connectivity index (χ4v) is 2.16. The zero-order valence-electron chi connectivity index (χ0n) is 11.0. The number of rotatable bonds is 1.